The van der Waals surface area contributed by atoms with E-state index in [1.54, 1.807) is 12.1 Å². The molecule has 27 heavy (non-hydrogen) atoms. The summed E-state index contributed by atoms with van der Waals surface area (Å²) in [5.41, 5.74) is 0.546. The molecular weight excluding hydrogens is 440 g/mol. The van der Waals surface area contributed by atoms with Crippen molar-refractivity contribution < 1.29 is 27.5 Å². The maximum absolute atomic E-state index is 12.3. The Morgan fingerprint density at radius 1 is 1.15 bits per heavy atom. The molecule has 144 valence electrons. The molecule has 0 spiro atoms. The van der Waals surface area contributed by atoms with Crippen molar-refractivity contribution in [1.82, 2.24) is 0 Å². The van der Waals surface area contributed by atoms with Gasteiger partial charge in [-0.05, 0) is 65.3 Å². The predicted octanol–water partition coefficient (Wildman–Crippen LogP) is 2.29. The quantitative estimate of drug-likeness (QED) is 0.642. The first-order valence-electron chi connectivity index (χ1n) is 7.60. The fraction of sp³-hybridized carbons (Fsp3) is 0.176. The summed E-state index contributed by atoms with van der Waals surface area (Å²) in [4.78, 5) is 24.4. The standard InChI is InChI=1S/C17H17BrN2O6S/c1-10(26-17(22)14-9-12(25-2)5-8-15(14)18)16(21)20-11-3-6-13(7-4-11)27(19,23)24/h3-10H,1-2H3,(H,20,21)(H2,19,23,24). The first kappa shape index (κ1) is 20.9. The predicted molar refractivity (Wildman–Crippen MR) is 102 cm³/mol. The largest absolute Gasteiger partial charge is 0.497 e. The van der Waals surface area contributed by atoms with E-state index in [1.165, 1.54) is 44.4 Å². The van der Waals surface area contributed by atoms with Crippen molar-refractivity contribution in [2.24, 2.45) is 5.14 Å². The molecule has 8 nitrogen and oxygen atoms in total. The molecule has 0 fully saturated rings. The van der Waals surface area contributed by atoms with E-state index in [4.69, 9.17) is 14.6 Å². The summed E-state index contributed by atoms with van der Waals surface area (Å²) in [6, 6.07) is 10.1. The minimum absolute atomic E-state index is 0.0807. The highest BCUT2D eigenvalue weighted by Gasteiger charge is 2.21. The van der Waals surface area contributed by atoms with Crippen molar-refractivity contribution in [3.8, 4) is 5.75 Å². The van der Waals surface area contributed by atoms with E-state index >= 15 is 0 Å². The SMILES string of the molecule is COc1ccc(Br)c(C(=O)OC(C)C(=O)Nc2ccc(S(N)(=O)=O)cc2)c1. The van der Waals surface area contributed by atoms with Crippen LogP contribution in [-0.4, -0.2) is 33.5 Å². The lowest BCUT2D eigenvalue weighted by Crippen LogP contribution is -2.30. The lowest BCUT2D eigenvalue weighted by atomic mass is 10.2. The topological polar surface area (TPSA) is 125 Å². The second-order valence-corrected chi connectivity index (χ2v) is 7.87. The number of esters is 1. The number of anilines is 1. The van der Waals surface area contributed by atoms with Crippen molar-refractivity contribution in [1.29, 1.82) is 0 Å². The number of benzene rings is 2. The van der Waals surface area contributed by atoms with E-state index in [-0.39, 0.29) is 10.5 Å². The van der Waals surface area contributed by atoms with Crippen LogP contribution in [0.2, 0.25) is 0 Å². The van der Waals surface area contributed by atoms with E-state index in [0.717, 1.165) is 0 Å². The van der Waals surface area contributed by atoms with Crippen LogP contribution in [0.25, 0.3) is 0 Å². The Morgan fingerprint density at radius 2 is 1.78 bits per heavy atom. The summed E-state index contributed by atoms with van der Waals surface area (Å²) in [6.45, 7) is 1.42. The number of hydrogen-bond donors (Lipinski definition) is 2. The lowest BCUT2D eigenvalue weighted by molar-refractivity contribution is -0.123. The third-order valence-electron chi connectivity index (χ3n) is 3.50. The number of carbonyl (C=O) groups excluding carboxylic acids is 2. The van der Waals surface area contributed by atoms with Crippen LogP contribution in [0, 0.1) is 0 Å². The summed E-state index contributed by atoms with van der Waals surface area (Å²) in [5.74, 6) is -0.809. The molecule has 1 amide bonds. The Kier molecular flexibility index (Phi) is 6.58. The monoisotopic (exact) mass is 456 g/mol. The van der Waals surface area contributed by atoms with Gasteiger partial charge >= 0.3 is 5.97 Å². The van der Waals surface area contributed by atoms with Gasteiger partial charge in [0.15, 0.2) is 6.10 Å². The number of sulfonamides is 1. The molecule has 0 aromatic heterocycles. The molecule has 1 atom stereocenters. The number of nitrogens with two attached hydrogens (primary N) is 1. The average Bonchev–Trinajstić information content (AvgIpc) is 2.61. The van der Waals surface area contributed by atoms with Gasteiger partial charge in [-0.3, -0.25) is 4.79 Å². The summed E-state index contributed by atoms with van der Waals surface area (Å²) in [7, 11) is -2.35. The fourth-order valence-electron chi connectivity index (χ4n) is 2.04. The Morgan fingerprint density at radius 3 is 2.33 bits per heavy atom. The first-order chi connectivity index (χ1) is 12.6. The minimum Gasteiger partial charge on any atom is -0.497 e. The number of rotatable bonds is 6. The van der Waals surface area contributed by atoms with Crippen LogP contribution in [0.5, 0.6) is 5.75 Å². The molecule has 3 N–H and O–H groups in total. The van der Waals surface area contributed by atoms with Crippen molar-refractivity contribution in [2.75, 3.05) is 12.4 Å². The van der Waals surface area contributed by atoms with Gasteiger partial charge in [0.2, 0.25) is 10.0 Å². The molecule has 0 aliphatic rings. The number of primary sulfonamides is 1. The van der Waals surface area contributed by atoms with Crippen LogP contribution >= 0.6 is 15.9 Å². The number of hydrogen-bond acceptors (Lipinski definition) is 6. The van der Waals surface area contributed by atoms with Gasteiger partial charge < -0.3 is 14.8 Å². The van der Waals surface area contributed by atoms with E-state index in [1.807, 2.05) is 0 Å². The Balaban J connectivity index is 2.04. The van der Waals surface area contributed by atoms with Gasteiger partial charge in [0.25, 0.3) is 5.91 Å². The molecule has 0 aliphatic carbocycles. The zero-order valence-electron chi connectivity index (χ0n) is 14.4. The highest BCUT2D eigenvalue weighted by molar-refractivity contribution is 9.10. The van der Waals surface area contributed by atoms with Gasteiger partial charge in [-0.15, -0.1) is 0 Å². The lowest BCUT2D eigenvalue weighted by Gasteiger charge is -2.14. The van der Waals surface area contributed by atoms with Crippen LogP contribution in [0.3, 0.4) is 0 Å². The molecule has 2 aromatic carbocycles. The van der Waals surface area contributed by atoms with E-state index in [2.05, 4.69) is 21.2 Å². The number of methoxy groups -OCH3 is 1. The number of ether oxygens (including phenoxy) is 2. The van der Waals surface area contributed by atoms with Crippen molar-refractivity contribution in [2.45, 2.75) is 17.9 Å². The van der Waals surface area contributed by atoms with E-state index in [0.29, 0.717) is 15.9 Å². The van der Waals surface area contributed by atoms with Gasteiger partial charge in [0.05, 0.1) is 17.6 Å². The Hall–Kier alpha value is -2.43. The third-order valence-corrected chi connectivity index (χ3v) is 5.12. The number of carbonyl (C=O) groups is 2. The second-order valence-electron chi connectivity index (χ2n) is 5.45. The smallest absolute Gasteiger partial charge is 0.340 e. The van der Waals surface area contributed by atoms with Crippen molar-refractivity contribution in [3.63, 3.8) is 0 Å². The van der Waals surface area contributed by atoms with Crippen molar-refractivity contribution >= 4 is 43.5 Å². The van der Waals surface area contributed by atoms with Crippen LogP contribution < -0.4 is 15.2 Å². The van der Waals surface area contributed by atoms with Gasteiger partial charge in [-0.25, -0.2) is 18.4 Å². The molecular formula is C17H17BrN2O6S. The number of halogens is 1. The van der Waals surface area contributed by atoms with Crippen LogP contribution in [0.15, 0.2) is 51.8 Å². The fourth-order valence-corrected chi connectivity index (χ4v) is 2.96. The summed E-state index contributed by atoms with van der Waals surface area (Å²) >= 11 is 3.25. The minimum atomic E-state index is -3.82. The summed E-state index contributed by atoms with van der Waals surface area (Å²) < 4.78 is 33.2. The third kappa shape index (κ3) is 5.52. The molecule has 0 heterocycles. The molecule has 0 saturated carbocycles. The molecule has 0 aliphatic heterocycles. The molecule has 2 aromatic rings. The molecule has 0 bridgehead atoms. The van der Waals surface area contributed by atoms with Gasteiger partial charge in [-0.2, -0.15) is 0 Å². The van der Waals surface area contributed by atoms with Crippen LogP contribution in [0.1, 0.15) is 17.3 Å². The summed E-state index contributed by atoms with van der Waals surface area (Å²) in [5, 5.41) is 7.54. The zero-order chi connectivity index (χ0) is 20.2. The van der Waals surface area contributed by atoms with Crippen molar-refractivity contribution in [3.05, 3.63) is 52.5 Å². The van der Waals surface area contributed by atoms with Crippen LogP contribution in [-0.2, 0) is 19.6 Å². The molecule has 10 heteroatoms. The summed E-state index contributed by atoms with van der Waals surface area (Å²) in [6.07, 6.45) is -1.09. The maximum Gasteiger partial charge on any atom is 0.340 e. The Bertz CT molecular complexity index is 960. The van der Waals surface area contributed by atoms with Gasteiger partial charge in [0.1, 0.15) is 5.75 Å². The van der Waals surface area contributed by atoms with Crippen LogP contribution in [0.4, 0.5) is 5.69 Å². The van der Waals surface area contributed by atoms with Gasteiger partial charge in [0, 0.05) is 10.2 Å². The normalized spacial score (nSPS) is 12.1. The van der Waals surface area contributed by atoms with E-state index < -0.39 is 28.0 Å². The maximum atomic E-state index is 12.3. The molecule has 0 radical (unpaired) electrons. The molecule has 0 saturated heterocycles. The number of amides is 1. The number of nitrogens with one attached hydrogen (secondary N) is 1. The Labute approximate surface area is 164 Å². The highest BCUT2D eigenvalue weighted by atomic mass is 79.9. The molecule has 2 rings (SSSR count). The average molecular weight is 457 g/mol. The van der Waals surface area contributed by atoms with Gasteiger partial charge in [-0.1, -0.05) is 0 Å². The zero-order valence-corrected chi connectivity index (χ0v) is 16.8. The first-order valence-corrected chi connectivity index (χ1v) is 9.94. The second kappa shape index (κ2) is 8.51. The molecule has 1 unspecified atom stereocenters. The van der Waals surface area contributed by atoms with E-state index in [9.17, 15) is 18.0 Å². The highest BCUT2D eigenvalue weighted by Crippen LogP contribution is 2.23.